The van der Waals surface area contributed by atoms with E-state index in [0.29, 0.717) is 36.1 Å². The third-order valence-corrected chi connectivity index (χ3v) is 4.89. The minimum atomic E-state index is -0.203. The monoisotopic (exact) mass is 354 g/mol. The molecule has 1 aliphatic carbocycles. The fourth-order valence-electron chi connectivity index (χ4n) is 3.24. The molecule has 0 spiro atoms. The first-order chi connectivity index (χ1) is 11.2. The zero-order chi connectivity index (χ0) is 15.8. The van der Waals surface area contributed by atoms with Crippen LogP contribution in [0.25, 0.3) is 0 Å². The zero-order valence-electron chi connectivity index (χ0n) is 13.5. The van der Waals surface area contributed by atoms with Crippen LogP contribution in [-0.2, 0) is 0 Å². The topological polar surface area (TPSA) is 62.2 Å². The molecule has 1 aromatic rings. The predicted molar refractivity (Wildman–Crippen MR) is 90.9 cm³/mol. The van der Waals surface area contributed by atoms with Gasteiger partial charge >= 0.3 is 0 Å². The molecule has 1 amide bonds. The number of fused-ring (bicyclic) bond motifs is 1. The molecule has 132 valence electrons. The zero-order valence-corrected chi connectivity index (χ0v) is 14.3. The summed E-state index contributed by atoms with van der Waals surface area (Å²) in [5.74, 6) is 1.87. The van der Waals surface area contributed by atoms with Crippen molar-refractivity contribution in [2.24, 2.45) is 5.92 Å². The van der Waals surface area contributed by atoms with Crippen LogP contribution in [0, 0.1) is 5.92 Å². The van der Waals surface area contributed by atoms with Gasteiger partial charge in [-0.2, -0.15) is 0 Å². The Morgan fingerprint density at radius 2 is 1.88 bits per heavy atom. The standard InChI is InChI=1S/C17H22N2O4.ClH/c20-14(12-1-2-12)10-18-5-7-19(8-6-18)17(21)13-3-4-15-16(9-13)23-11-22-15;/h3-4,9,12,14,20H,1-2,5-8,10-11H2;1H. The van der Waals surface area contributed by atoms with Gasteiger partial charge in [0.1, 0.15) is 0 Å². The van der Waals surface area contributed by atoms with E-state index >= 15 is 0 Å². The van der Waals surface area contributed by atoms with Crippen molar-refractivity contribution < 1.29 is 19.4 Å². The summed E-state index contributed by atoms with van der Waals surface area (Å²) in [6.07, 6.45) is 2.11. The Hall–Kier alpha value is -1.50. The number of rotatable bonds is 4. The molecule has 1 saturated heterocycles. The minimum absolute atomic E-state index is 0. The molecule has 2 aliphatic heterocycles. The Labute approximate surface area is 147 Å². The number of hydrogen-bond donors (Lipinski definition) is 1. The van der Waals surface area contributed by atoms with Gasteiger partial charge in [-0.1, -0.05) is 0 Å². The molecule has 0 bridgehead atoms. The maximum Gasteiger partial charge on any atom is 0.254 e. The van der Waals surface area contributed by atoms with E-state index in [0.717, 1.165) is 32.5 Å². The third kappa shape index (κ3) is 3.61. The SMILES string of the molecule is Cl.O=C(c1ccc2c(c1)OCO2)N1CCN(CC(O)C2CC2)CC1. The first-order valence-corrected chi connectivity index (χ1v) is 8.30. The lowest BCUT2D eigenvalue weighted by Gasteiger charge is -2.35. The van der Waals surface area contributed by atoms with E-state index in [1.54, 1.807) is 18.2 Å². The minimum Gasteiger partial charge on any atom is -0.454 e. The van der Waals surface area contributed by atoms with Gasteiger partial charge in [0.2, 0.25) is 6.79 Å². The molecule has 1 N–H and O–H groups in total. The van der Waals surface area contributed by atoms with E-state index in [2.05, 4.69) is 4.90 Å². The summed E-state index contributed by atoms with van der Waals surface area (Å²) < 4.78 is 10.6. The largest absolute Gasteiger partial charge is 0.454 e. The van der Waals surface area contributed by atoms with Crippen molar-refractivity contribution in [3.05, 3.63) is 23.8 Å². The summed E-state index contributed by atoms with van der Waals surface area (Å²) >= 11 is 0. The molecule has 2 fully saturated rings. The fraction of sp³-hybridized carbons (Fsp3) is 0.588. The average molecular weight is 355 g/mol. The van der Waals surface area contributed by atoms with Gasteiger partial charge in [0.05, 0.1) is 6.10 Å². The lowest BCUT2D eigenvalue weighted by molar-refractivity contribution is 0.0488. The van der Waals surface area contributed by atoms with Crippen LogP contribution in [-0.4, -0.2) is 66.4 Å². The Bertz CT molecular complexity index is 600. The van der Waals surface area contributed by atoms with E-state index in [4.69, 9.17) is 9.47 Å². The second kappa shape index (κ2) is 7.17. The predicted octanol–water partition coefficient (Wildman–Crippen LogP) is 1.37. The molecule has 1 unspecified atom stereocenters. The number of hydrogen-bond acceptors (Lipinski definition) is 5. The van der Waals surface area contributed by atoms with E-state index < -0.39 is 0 Å². The highest BCUT2D eigenvalue weighted by Gasteiger charge is 2.32. The maximum atomic E-state index is 12.6. The highest BCUT2D eigenvalue weighted by molar-refractivity contribution is 5.95. The molecule has 1 saturated carbocycles. The van der Waals surface area contributed by atoms with Crippen molar-refractivity contribution in [3.8, 4) is 11.5 Å². The van der Waals surface area contributed by atoms with Gasteiger partial charge in [0, 0.05) is 38.3 Å². The number of β-amino-alcohol motifs (C(OH)–C–C–N with tert-alkyl or cyclic N) is 1. The summed E-state index contributed by atoms with van der Waals surface area (Å²) in [6.45, 7) is 3.99. The van der Waals surface area contributed by atoms with E-state index in [9.17, 15) is 9.90 Å². The van der Waals surface area contributed by atoms with Gasteiger partial charge in [0.15, 0.2) is 11.5 Å². The number of aliphatic hydroxyl groups excluding tert-OH is 1. The number of benzene rings is 1. The second-order valence-electron chi connectivity index (χ2n) is 6.57. The Kier molecular flexibility index (Phi) is 5.18. The molecular formula is C17H23ClN2O4. The average Bonchev–Trinajstić information content (AvgIpc) is 3.32. The molecule has 3 aliphatic rings. The number of carbonyl (C=O) groups is 1. The van der Waals surface area contributed by atoms with Crippen LogP contribution < -0.4 is 9.47 Å². The molecule has 2 heterocycles. The lowest BCUT2D eigenvalue weighted by Crippen LogP contribution is -2.50. The van der Waals surface area contributed by atoms with Crippen molar-refractivity contribution in [2.45, 2.75) is 18.9 Å². The Balaban J connectivity index is 0.00000169. The van der Waals surface area contributed by atoms with Crippen LogP contribution in [0.2, 0.25) is 0 Å². The number of nitrogens with zero attached hydrogens (tertiary/aromatic N) is 2. The molecule has 1 atom stereocenters. The van der Waals surface area contributed by atoms with Crippen molar-refractivity contribution in [2.75, 3.05) is 39.5 Å². The van der Waals surface area contributed by atoms with E-state index in [1.165, 1.54) is 0 Å². The van der Waals surface area contributed by atoms with Gasteiger partial charge in [-0.15, -0.1) is 12.4 Å². The summed E-state index contributed by atoms with van der Waals surface area (Å²) in [7, 11) is 0. The molecule has 0 aromatic heterocycles. The summed E-state index contributed by atoms with van der Waals surface area (Å²) in [5, 5.41) is 10.0. The summed E-state index contributed by atoms with van der Waals surface area (Å²) in [4.78, 5) is 16.7. The smallest absolute Gasteiger partial charge is 0.254 e. The van der Waals surface area contributed by atoms with Crippen LogP contribution in [0.3, 0.4) is 0 Å². The highest BCUT2D eigenvalue weighted by atomic mass is 35.5. The molecular weight excluding hydrogens is 332 g/mol. The van der Waals surface area contributed by atoms with Crippen molar-refractivity contribution in [1.82, 2.24) is 9.80 Å². The van der Waals surface area contributed by atoms with Gasteiger partial charge in [-0.25, -0.2) is 0 Å². The van der Waals surface area contributed by atoms with Crippen LogP contribution in [0.4, 0.5) is 0 Å². The van der Waals surface area contributed by atoms with Crippen LogP contribution >= 0.6 is 12.4 Å². The molecule has 7 heteroatoms. The number of ether oxygens (including phenoxy) is 2. The molecule has 6 nitrogen and oxygen atoms in total. The number of carbonyl (C=O) groups excluding carboxylic acids is 1. The van der Waals surface area contributed by atoms with Gasteiger partial charge in [-0.3, -0.25) is 9.69 Å². The van der Waals surface area contributed by atoms with Crippen molar-refractivity contribution in [1.29, 1.82) is 0 Å². The number of amides is 1. The molecule has 1 aromatic carbocycles. The lowest BCUT2D eigenvalue weighted by atomic mass is 10.1. The second-order valence-corrected chi connectivity index (χ2v) is 6.57. The van der Waals surface area contributed by atoms with Crippen molar-refractivity contribution in [3.63, 3.8) is 0 Å². The first-order valence-electron chi connectivity index (χ1n) is 8.30. The summed E-state index contributed by atoms with van der Waals surface area (Å²) in [6, 6.07) is 5.34. The summed E-state index contributed by atoms with van der Waals surface area (Å²) in [5.41, 5.74) is 0.640. The van der Waals surface area contributed by atoms with E-state index in [1.807, 2.05) is 4.90 Å². The Morgan fingerprint density at radius 3 is 2.58 bits per heavy atom. The van der Waals surface area contributed by atoms with Crippen LogP contribution in [0.5, 0.6) is 11.5 Å². The van der Waals surface area contributed by atoms with Crippen molar-refractivity contribution >= 4 is 18.3 Å². The maximum absolute atomic E-state index is 12.6. The quantitative estimate of drug-likeness (QED) is 0.884. The van der Waals surface area contributed by atoms with Gasteiger partial charge < -0.3 is 19.5 Å². The van der Waals surface area contributed by atoms with Gasteiger partial charge in [0.25, 0.3) is 5.91 Å². The van der Waals surface area contributed by atoms with Crippen LogP contribution in [0.1, 0.15) is 23.2 Å². The number of aliphatic hydroxyl groups is 1. The highest BCUT2D eigenvalue weighted by Crippen LogP contribution is 2.34. The molecule has 4 rings (SSSR count). The molecule has 24 heavy (non-hydrogen) atoms. The first kappa shape index (κ1) is 17.3. The normalized spacial score (nSPS) is 21.3. The Morgan fingerprint density at radius 1 is 1.17 bits per heavy atom. The number of piperazine rings is 1. The van der Waals surface area contributed by atoms with Crippen LogP contribution in [0.15, 0.2) is 18.2 Å². The molecule has 0 radical (unpaired) electrons. The number of halogens is 1. The fourth-order valence-corrected chi connectivity index (χ4v) is 3.24. The van der Waals surface area contributed by atoms with Gasteiger partial charge in [-0.05, 0) is 37.0 Å². The van der Waals surface area contributed by atoms with E-state index in [-0.39, 0.29) is 31.2 Å². The third-order valence-electron chi connectivity index (χ3n) is 4.89.